The van der Waals surface area contributed by atoms with Crippen LogP contribution in [-0.2, 0) is 24.0 Å². The van der Waals surface area contributed by atoms with Crippen molar-refractivity contribution < 1.29 is 28.8 Å². The standard InChI is InChI=1S/C40H43ClN2O6/c1-24-8-10-25(11-9-24)12-13-36(44)43-23-28(22-41)37-33-7-3-2-6-32(33)34(20-35(37)43)42-38(45)46-31-5-4-14-39(21-31)47-40(49-48-39)29-16-26-15-27(18-29)19-30(40)17-26/h2-3,6-13,20,26-31H,4-5,14-19,21-23H2,1H3,(H,42,45). The van der Waals surface area contributed by atoms with Crippen LogP contribution in [0.4, 0.5) is 16.2 Å². The zero-order valence-corrected chi connectivity index (χ0v) is 28.6. The number of anilines is 2. The van der Waals surface area contributed by atoms with E-state index >= 15 is 0 Å². The highest BCUT2D eigenvalue weighted by molar-refractivity contribution is 6.19. The minimum atomic E-state index is -0.887. The van der Waals surface area contributed by atoms with Gasteiger partial charge >= 0.3 is 6.09 Å². The van der Waals surface area contributed by atoms with E-state index in [1.54, 1.807) is 11.0 Å². The molecule has 3 unspecified atom stereocenters. The number of benzene rings is 3. The quantitative estimate of drug-likeness (QED) is 0.164. The van der Waals surface area contributed by atoms with Crippen LogP contribution in [0.2, 0.25) is 0 Å². The van der Waals surface area contributed by atoms with Crippen molar-refractivity contribution in [1.82, 2.24) is 0 Å². The first kappa shape index (κ1) is 31.5. The predicted molar refractivity (Wildman–Crippen MR) is 188 cm³/mol. The maximum atomic E-state index is 13.6. The van der Waals surface area contributed by atoms with Crippen molar-refractivity contribution in [3.63, 3.8) is 0 Å². The maximum absolute atomic E-state index is 13.6. The normalized spacial score (nSPS) is 34.4. The Balaban J connectivity index is 0.932. The zero-order chi connectivity index (χ0) is 33.3. The molecule has 5 aliphatic carbocycles. The molecule has 9 heteroatoms. The molecule has 3 aromatic rings. The van der Waals surface area contributed by atoms with Gasteiger partial charge in [0.05, 0.1) is 11.4 Å². The predicted octanol–water partition coefficient (Wildman–Crippen LogP) is 8.85. The van der Waals surface area contributed by atoms with Crippen molar-refractivity contribution in [1.29, 1.82) is 0 Å². The van der Waals surface area contributed by atoms with Crippen LogP contribution in [0.1, 0.15) is 80.4 Å². The Bertz CT molecular complexity index is 1800. The van der Waals surface area contributed by atoms with E-state index in [9.17, 15) is 9.59 Å². The third-order valence-electron chi connectivity index (χ3n) is 12.2. The van der Waals surface area contributed by atoms with Gasteiger partial charge in [-0.2, -0.15) is 9.78 Å². The summed E-state index contributed by atoms with van der Waals surface area (Å²) in [5.74, 6) is 0.999. The molecule has 8 nitrogen and oxygen atoms in total. The first-order valence-corrected chi connectivity index (χ1v) is 18.6. The summed E-state index contributed by atoms with van der Waals surface area (Å²) >= 11 is 6.49. The van der Waals surface area contributed by atoms with Gasteiger partial charge in [0.15, 0.2) is 0 Å². The molecule has 10 rings (SSSR count). The fourth-order valence-electron chi connectivity index (χ4n) is 10.1. The third-order valence-corrected chi connectivity index (χ3v) is 12.6. The second kappa shape index (κ2) is 12.1. The summed E-state index contributed by atoms with van der Waals surface area (Å²) in [5.41, 5.74) is 4.47. The molecule has 0 aromatic heterocycles. The number of ether oxygens (including phenoxy) is 2. The van der Waals surface area contributed by atoms with Crippen LogP contribution < -0.4 is 10.2 Å². The van der Waals surface area contributed by atoms with Crippen molar-refractivity contribution in [3.8, 4) is 0 Å². The van der Waals surface area contributed by atoms with Crippen molar-refractivity contribution >= 4 is 51.8 Å². The van der Waals surface area contributed by atoms with Crippen LogP contribution >= 0.6 is 11.6 Å². The van der Waals surface area contributed by atoms with E-state index in [2.05, 4.69) is 5.32 Å². The van der Waals surface area contributed by atoms with E-state index in [1.165, 1.54) is 6.42 Å². The minimum Gasteiger partial charge on any atom is -0.446 e. The third kappa shape index (κ3) is 5.47. The van der Waals surface area contributed by atoms with Crippen LogP contribution in [0.25, 0.3) is 16.8 Å². The summed E-state index contributed by atoms with van der Waals surface area (Å²) < 4.78 is 13.0. The number of amides is 2. The lowest BCUT2D eigenvalue weighted by Gasteiger charge is -2.57. The molecule has 256 valence electrons. The molecule has 0 radical (unpaired) electrons. The van der Waals surface area contributed by atoms with Gasteiger partial charge in [-0.1, -0.05) is 54.1 Å². The Hall–Kier alpha value is -3.43. The molecule has 5 saturated carbocycles. The topological polar surface area (TPSA) is 86.3 Å². The molecule has 6 fully saturated rings. The van der Waals surface area contributed by atoms with Crippen molar-refractivity contribution in [2.24, 2.45) is 23.7 Å². The Morgan fingerprint density at radius 3 is 2.47 bits per heavy atom. The molecule has 7 aliphatic rings. The first-order valence-electron chi connectivity index (χ1n) is 18.0. The number of nitrogens with zero attached hydrogens (tertiary/aromatic N) is 1. The number of fused-ring (bicyclic) bond motifs is 3. The van der Waals surface area contributed by atoms with Gasteiger partial charge < -0.3 is 14.4 Å². The number of alkyl halides is 1. The molecule has 1 N–H and O–H groups in total. The van der Waals surface area contributed by atoms with Gasteiger partial charge in [0.1, 0.15) is 6.10 Å². The number of carbonyl (C=O) groups is 2. The SMILES string of the molecule is Cc1ccc(C=CC(=O)N2CC(CCl)c3c2cc(NC(=O)OC2CCCC4(C2)OOC2(O4)C4CC5CC(C4)CC2C5)c2ccccc32)cc1. The highest BCUT2D eigenvalue weighted by Gasteiger charge is 2.67. The number of rotatable bonds is 5. The summed E-state index contributed by atoms with van der Waals surface area (Å²) in [6.45, 7) is 2.50. The lowest BCUT2D eigenvalue weighted by atomic mass is 9.53. The Labute approximate surface area is 292 Å². The van der Waals surface area contributed by atoms with Crippen molar-refractivity contribution in [2.45, 2.75) is 88.3 Å². The van der Waals surface area contributed by atoms with Gasteiger partial charge in [-0.05, 0) is 92.4 Å². The van der Waals surface area contributed by atoms with Crippen LogP contribution in [0.3, 0.4) is 0 Å². The largest absolute Gasteiger partial charge is 0.446 e. The van der Waals surface area contributed by atoms with E-state index in [0.29, 0.717) is 36.4 Å². The molecule has 4 bridgehead atoms. The Morgan fingerprint density at radius 2 is 1.73 bits per heavy atom. The molecular formula is C40H43ClN2O6. The molecule has 2 aliphatic heterocycles. The van der Waals surface area contributed by atoms with E-state index in [-0.39, 0.29) is 17.9 Å². The molecular weight excluding hydrogens is 640 g/mol. The van der Waals surface area contributed by atoms with E-state index in [1.807, 2.05) is 67.6 Å². The lowest BCUT2D eigenvalue weighted by Crippen LogP contribution is -2.59. The summed E-state index contributed by atoms with van der Waals surface area (Å²) in [7, 11) is 0. The fraction of sp³-hybridized carbons (Fsp3) is 0.500. The number of nitrogens with one attached hydrogen (secondary N) is 1. The van der Waals surface area contributed by atoms with Gasteiger partial charge in [-0.25, -0.2) is 4.79 Å². The average molecular weight is 683 g/mol. The highest BCUT2D eigenvalue weighted by Crippen LogP contribution is 2.63. The number of halogens is 1. The number of hydrogen-bond donors (Lipinski definition) is 1. The van der Waals surface area contributed by atoms with Crippen molar-refractivity contribution in [2.75, 3.05) is 22.6 Å². The minimum absolute atomic E-state index is 0.0378. The smallest absolute Gasteiger partial charge is 0.411 e. The second-order valence-corrected chi connectivity index (χ2v) is 15.7. The number of aryl methyl sites for hydroxylation is 1. The van der Waals surface area contributed by atoms with Crippen molar-refractivity contribution in [3.05, 3.63) is 77.4 Å². The molecule has 2 amide bonds. The number of hydrogen-bond acceptors (Lipinski definition) is 6. The van der Waals surface area contributed by atoms with Crippen LogP contribution in [-0.4, -0.2) is 42.1 Å². The molecule has 2 spiro atoms. The summed E-state index contributed by atoms with van der Waals surface area (Å²) in [4.78, 5) is 41.3. The van der Waals surface area contributed by atoms with E-state index < -0.39 is 17.7 Å². The van der Waals surface area contributed by atoms with Crippen LogP contribution in [0.15, 0.2) is 60.7 Å². The molecule has 49 heavy (non-hydrogen) atoms. The molecule has 3 aromatic carbocycles. The average Bonchev–Trinajstić information content (AvgIpc) is 3.66. The van der Waals surface area contributed by atoms with Gasteiger partial charge in [0.2, 0.25) is 11.6 Å². The fourth-order valence-corrected chi connectivity index (χ4v) is 10.4. The molecule has 1 saturated heterocycles. The monoisotopic (exact) mass is 682 g/mol. The van der Waals surface area contributed by atoms with Crippen LogP contribution in [0.5, 0.6) is 0 Å². The summed E-state index contributed by atoms with van der Waals surface area (Å²) in [6, 6.07) is 17.9. The summed E-state index contributed by atoms with van der Waals surface area (Å²) in [5, 5.41) is 4.86. The van der Waals surface area contributed by atoms with Gasteiger partial charge in [0.25, 0.3) is 5.91 Å². The van der Waals surface area contributed by atoms with Gasteiger partial charge in [-0.15, -0.1) is 11.6 Å². The van der Waals surface area contributed by atoms with E-state index in [0.717, 1.165) is 89.9 Å². The number of carbonyl (C=O) groups excluding carboxylic acids is 2. The second-order valence-electron chi connectivity index (χ2n) is 15.4. The maximum Gasteiger partial charge on any atom is 0.411 e. The lowest BCUT2D eigenvalue weighted by molar-refractivity contribution is -0.390. The highest BCUT2D eigenvalue weighted by atomic mass is 35.5. The first-order chi connectivity index (χ1) is 23.8. The van der Waals surface area contributed by atoms with E-state index in [4.69, 9.17) is 30.8 Å². The zero-order valence-electron chi connectivity index (χ0n) is 27.9. The Kier molecular flexibility index (Phi) is 7.80. The molecule has 3 atom stereocenters. The summed E-state index contributed by atoms with van der Waals surface area (Å²) in [6.07, 6.45) is 11.2. The Morgan fingerprint density at radius 1 is 1.00 bits per heavy atom. The van der Waals surface area contributed by atoms with Gasteiger partial charge in [-0.3, -0.25) is 10.1 Å². The van der Waals surface area contributed by atoms with Gasteiger partial charge in [0, 0.05) is 54.5 Å². The molecule has 2 heterocycles. The van der Waals surface area contributed by atoms with Crippen LogP contribution in [0, 0.1) is 30.6 Å².